The van der Waals surface area contributed by atoms with Gasteiger partial charge in [-0.2, -0.15) is 0 Å². The van der Waals surface area contributed by atoms with Gasteiger partial charge in [0.05, 0.1) is 44.4 Å². The minimum Gasteiger partial charge on any atom is -0.500 e. The summed E-state index contributed by atoms with van der Waals surface area (Å²) in [6, 6.07) is -6.09. The Hall–Kier alpha value is -10.0. The Morgan fingerprint density at radius 2 is 1.10 bits per heavy atom. The van der Waals surface area contributed by atoms with Crippen LogP contribution in [-0.2, 0) is 90.8 Å². The number of carbonyl (C=O) groups is 16. The number of anilines is 1. The fraction of sp³-hybridized carbons (Fsp3) is 0.692. The van der Waals surface area contributed by atoms with E-state index in [2.05, 4.69) is 59.1 Å². The smallest absolute Gasteiger partial charge is 0.421 e. The summed E-state index contributed by atoms with van der Waals surface area (Å²) < 4.78 is 32.7. The SMILES string of the molecule is C=C(CNC(=O)[C@H](CC(C)(C)C)NC(=O)[C@@H](C)NC(=O)[C@@H](CC(=O)[C@H](CCCC)NC(=O)CNC(=O)[C@@H](NC(=O)[C@H](CC(=O)OC(C)(C)C)N=[N+]=[N-])[C@@H](C)OC(=O)[C@H](CC(=O)c1ccccc1N(C=O)C(=O)OC(C)(C)C)NC(=O)[C@@H](CC(=O)[C@@H](CC)NC(=O)OC(C)(C)C)[C@H](C)CC(=O)OC(C)(C)C)CC(C)(C)C)OC. The number of hydrogen-bond acceptors (Lipinski definition) is 23. The molecule has 0 bridgehead atoms. The molecule has 8 N–H and O–H groups in total. The molecule has 10 amide bonds. The molecule has 0 heterocycles. The molecule has 0 spiro atoms. The lowest BCUT2D eigenvalue weighted by atomic mass is 9.81. The first-order chi connectivity index (χ1) is 51.4. The van der Waals surface area contributed by atoms with Gasteiger partial charge in [-0.1, -0.05) is 99.0 Å². The second-order valence-electron chi connectivity index (χ2n) is 34.1. The first-order valence-electron chi connectivity index (χ1n) is 37.5. The van der Waals surface area contributed by atoms with Crippen molar-refractivity contribution in [1.29, 1.82) is 0 Å². The van der Waals surface area contributed by atoms with Gasteiger partial charge in [0.1, 0.15) is 64.5 Å². The maximum Gasteiger partial charge on any atom is 0.421 e. The van der Waals surface area contributed by atoms with Crippen molar-refractivity contribution in [2.24, 2.45) is 33.7 Å². The van der Waals surface area contributed by atoms with Crippen molar-refractivity contribution in [3.8, 4) is 0 Å². The average molecular weight is 1580 g/mol. The number of alkyl carbamates (subject to hydrolysis) is 1. The summed E-state index contributed by atoms with van der Waals surface area (Å²) >= 11 is 0. The number of benzene rings is 1. The third-order valence-corrected chi connectivity index (χ3v) is 16.2. The molecule has 0 saturated carbocycles. The number of imide groups is 1. The predicted molar refractivity (Wildman–Crippen MR) is 414 cm³/mol. The lowest BCUT2D eigenvalue weighted by Gasteiger charge is -2.30. The molecule has 0 aliphatic carbocycles. The van der Waals surface area contributed by atoms with Crippen molar-refractivity contribution in [3.63, 3.8) is 0 Å². The third kappa shape index (κ3) is 39.3. The van der Waals surface area contributed by atoms with Gasteiger partial charge in [0.25, 0.3) is 0 Å². The number of amides is 10. The number of Topliss-reactive ketones (excluding diaryl/α,β-unsaturated/α-hetero) is 3. The van der Waals surface area contributed by atoms with Crippen LogP contribution in [0.3, 0.4) is 0 Å². The number of para-hydroxylation sites is 1. The van der Waals surface area contributed by atoms with Gasteiger partial charge in [-0.25, -0.2) is 19.3 Å². The van der Waals surface area contributed by atoms with E-state index < -0.39 is 232 Å². The molecule has 34 nitrogen and oxygen atoms in total. The van der Waals surface area contributed by atoms with E-state index in [9.17, 15) is 72.7 Å². The zero-order chi connectivity index (χ0) is 86.4. The number of ketones is 3. The Morgan fingerprint density at radius 3 is 1.62 bits per heavy atom. The van der Waals surface area contributed by atoms with Crippen LogP contribution in [0.15, 0.2) is 41.7 Å². The molecule has 0 radical (unpaired) electrons. The highest BCUT2D eigenvalue weighted by Gasteiger charge is 2.41. The summed E-state index contributed by atoms with van der Waals surface area (Å²) in [6.45, 7) is 39.7. The Labute approximate surface area is 658 Å². The van der Waals surface area contributed by atoms with Crippen LogP contribution in [-0.4, -0.2) is 186 Å². The summed E-state index contributed by atoms with van der Waals surface area (Å²) in [4.78, 5) is 228. The zero-order valence-electron chi connectivity index (χ0n) is 69.9. The maximum atomic E-state index is 15.2. The second-order valence-corrected chi connectivity index (χ2v) is 34.1. The number of unbranched alkanes of at least 4 members (excludes halogenated alkanes) is 1. The molecule has 34 heteroatoms. The number of rotatable bonds is 43. The van der Waals surface area contributed by atoms with E-state index in [1.165, 1.54) is 86.8 Å². The Morgan fingerprint density at radius 1 is 0.562 bits per heavy atom. The molecule has 112 heavy (non-hydrogen) atoms. The van der Waals surface area contributed by atoms with Gasteiger partial charge in [0.15, 0.2) is 17.3 Å². The molecule has 0 aromatic heterocycles. The minimum absolute atomic E-state index is 0.0288. The summed E-state index contributed by atoms with van der Waals surface area (Å²) in [7, 11) is 1.39. The topological polar surface area (TPSA) is 477 Å². The van der Waals surface area contributed by atoms with E-state index in [1.807, 2.05) is 48.5 Å². The normalized spacial score (nSPS) is 14.8. The highest BCUT2D eigenvalue weighted by atomic mass is 16.6. The van der Waals surface area contributed by atoms with Gasteiger partial charge < -0.3 is 71.0 Å². The van der Waals surface area contributed by atoms with Crippen LogP contribution in [0.1, 0.15) is 240 Å². The summed E-state index contributed by atoms with van der Waals surface area (Å²) in [6.07, 6.45) is -6.65. The molecule has 628 valence electrons. The monoisotopic (exact) mass is 1580 g/mol. The lowest BCUT2D eigenvalue weighted by Crippen LogP contribution is -2.58. The van der Waals surface area contributed by atoms with Crippen molar-refractivity contribution in [3.05, 3.63) is 52.6 Å². The number of esters is 3. The van der Waals surface area contributed by atoms with Crippen molar-refractivity contribution < 1.29 is 105 Å². The van der Waals surface area contributed by atoms with Crippen LogP contribution < -0.4 is 47.4 Å². The Balaban J connectivity index is 4.20. The second kappa shape index (κ2) is 44.9. The van der Waals surface area contributed by atoms with Crippen LogP contribution >= 0.6 is 0 Å². The Bertz CT molecular complexity index is 3550. The first kappa shape index (κ1) is 100.0. The quantitative estimate of drug-likeness (QED) is 0.00446. The van der Waals surface area contributed by atoms with Gasteiger partial charge in [-0.3, -0.25) is 62.3 Å². The lowest BCUT2D eigenvalue weighted by molar-refractivity contribution is -0.159. The highest BCUT2D eigenvalue weighted by Crippen LogP contribution is 2.30. The van der Waals surface area contributed by atoms with E-state index in [1.54, 1.807) is 48.5 Å². The number of nitrogens with zero attached hydrogens (tertiary/aromatic N) is 4. The molecule has 0 unspecified atom stereocenters. The van der Waals surface area contributed by atoms with Gasteiger partial charge >= 0.3 is 30.1 Å². The van der Waals surface area contributed by atoms with Crippen molar-refractivity contribution >= 4 is 101 Å². The van der Waals surface area contributed by atoms with Crippen LogP contribution in [0.2, 0.25) is 0 Å². The molecule has 1 aromatic rings. The van der Waals surface area contributed by atoms with Gasteiger partial charge in [0, 0.05) is 48.0 Å². The van der Waals surface area contributed by atoms with E-state index in [-0.39, 0.29) is 50.1 Å². The van der Waals surface area contributed by atoms with Crippen LogP contribution in [0.5, 0.6) is 0 Å². The summed E-state index contributed by atoms with van der Waals surface area (Å²) in [5.41, 5.74) is 3.51. The van der Waals surface area contributed by atoms with E-state index in [4.69, 9.17) is 28.4 Å². The molecule has 1 aromatic carbocycles. The number of methoxy groups -OCH3 is 1. The largest absolute Gasteiger partial charge is 0.500 e. The molecule has 0 aliphatic rings. The van der Waals surface area contributed by atoms with E-state index in [0.717, 1.165) is 6.92 Å². The summed E-state index contributed by atoms with van der Waals surface area (Å²) in [5.74, 6) is -16.1. The van der Waals surface area contributed by atoms with Gasteiger partial charge in [0.2, 0.25) is 47.8 Å². The predicted octanol–water partition coefficient (Wildman–Crippen LogP) is 8.22. The molecular formula is C78H124N12O22. The fourth-order valence-corrected chi connectivity index (χ4v) is 11.0. The number of ether oxygens (including phenoxy) is 6. The number of nitrogens with one attached hydrogen (secondary N) is 8. The zero-order valence-corrected chi connectivity index (χ0v) is 69.9. The molecule has 11 atom stereocenters. The van der Waals surface area contributed by atoms with Gasteiger partial charge in [-0.15, -0.1) is 0 Å². The Kier molecular flexibility index (Phi) is 40.1. The maximum absolute atomic E-state index is 15.2. The summed E-state index contributed by atoms with van der Waals surface area (Å²) in [5, 5.41) is 23.7. The molecule has 0 aliphatic heterocycles. The minimum atomic E-state index is -2.21. The fourth-order valence-electron chi connectivity index (χ4n) is 11.0. The number of hydrogen-bond donors (Lipinski definition) is 8. The molecule has 0 fully saturated rings. The standard InChI is InChI=1S/C78H124N12O22/c1-26-28-32-52(58(93)35-48(39-73(7,8)9)65(99)82-46(5)64(98)85-55(40-74(10,11)12)67(101)80-41-45(4)107-25)83-60(95)42-81-69(103)63(87-68(102)53(88-89-79)38-62(97)110-76(16,17)18)47(6)108-70(104)54(37-57(92)49-31-29-30-33-56(49)90(43-91)72(106)112-78(22,23)24)84-66(100)50(44(3)34-61(96)109-75(13,14)15)36-59(94)51(27-2)86-71(105)111-77(19,20)21/h29-31,33,43-44,46-48,50-55,63H,4,26-28,32,34-42H2,1-3,5-25H3,(H,80,101)(H,81,103)(H,82,99)(H,83,95)(H,84,100)(H,85,98)(H,86,105)(H,87,102)/t44-,46-,47-,48+,50+,51-,52+,53+,54+,55+,63+/m1/s1. The highest BCUT2D eigenvalue weighted by molar-refractivity contribution is 6.12. The van der Waals surface area contributed by atoms with Crippen LogP contribution in [0, 0.1) is 28.6 Å². The first-order valence-corrected chi connectivity index (χ1v) is 37.5. The molecule has 0 saturated heterocycles. The number of carbonyl (C=O) groups excluding carboxylic acids is 16. The van der Waals surface area contributed by atoms with E-state index >= 15 is 9.59 Å². The van der Waals surface area contributed by atoms with Crippen molar-refractivity contribution in [1.82, 2.24) is 42.5 Å². The van der Waals surface area contributed by atoms with E-state index in [0.29, 0.717) is 17.7 Å². The van der Waals surface area contributed by atoms with Gasteiger partial charge in [-0.05, 0) is 157 Å². The molecular weight excluding hydrogens is 1460 g/mol. The average Bonchev–Trinajstić information content (AvgIpc) is 0.810. The van der Waals surface area contributed by atoms with Crippen molar-refractivity contribution in [2.45, 2.75) is 301 Å². The van der Waals surface area contributed by atoms with Crippen LogP contribution in [0.4, 0.5) is 15.3 Å². The van der Waals surface area contributed by atoms with Crippen LogP contribution in [0.25, 0.3) is 10.4 Å². The molecule has 1 rings (SSSR count). The van der Waals surface area contributed by atoms with Crippen molar-refractivity contribution in [2.75, 3.05) is 25.1 Å². The third-order valence-electron chi connectivity index (χ3n) is 16.2. The number of azide groups is 1.